The average molecular weight is 268 g/mol. The van der Waals surface area contributed by atoms with Crippen LogP contribution in [-0.4, -0.2) is 5.11 Å². The molecule has 2 aromatic carbocycles. The van der Waals surface area contributed by atoms with E-state index in [0.717, 1.165) is 43.2 Å². The highest BCUT2D eigenvalue weighted by atomic mass is 16.3. The van der Waals surface area contributed by atoms with E-state index in [9.17, 15) is 5.11 Å². The summed E-state index contributed by atoms with van der Waals surface area (Å²) in [5.74, 6) is 0.514. The fourth-order valence-corrected chi connectivity index (χ4v) is 2.58. The lowest BCUT2D eigenvalue weighted by Gasteiger charge is -2.13. The molecule has 0 aliphatic rings. The van der Waals surface area contributed by atoms with Gasteiger partial charge in [0.2, 0.25) is 0 Å². The SMILES string of the molecule is CCCCc1cc(-c2ccccc2)cc(CCC)c1O. The lowest BCUT2D eigenvalue weighted by atomic mass is 9.94. The molecule has 0 saturated carbocycles. The number of aryl methyl sites for hydroxylation is 2. The summed E-state index contributed by atoms with van der Waals surface area (Å²) in [4.78, 5) is 0. The van der Waals surface area contributed by atoms with Crippen molar-refractivity contribution in [3.05, 3.63) is 53.6 Å². The fraction of sp³-hybridized carbons (Fsp3) is 0.368. The summed E-state index contributed by atoms with van der Waals surface area (Å²) in [6, 6.07) is 14.7. The maximum atomic E-state index is 10.4. The summed E-state index contributed by atoms with van der Waals surface area (Å²) < 4.78 is 0. The monoisotopic (exact) mass is 268 g/mol. The van der Waals surface area contributed by atoms with Crippen LogP contribution in [0.25, 0.3) is 11.1 Å². The van der Waals surface area contributed by atoms with E-state index < -0.39 is 0 Å². The molecule has 1 heteroatoms. The first-order valence-corrected chi connectivity index (χ1v) is 7.66. The zero-order chi connectivity index (χ0) is 14.4. The molecule has 0 heterocycles. The van der Waals surface area contributed by atoms with Crippen LogP contribution in [0.15, 0.2) is 42.5 Å². The number of hydrogen-bond donors (Lipinski definition) is 1. The molecule has 0 spiro atoms. The van der Waals surface area contributed by atoms with Gasteiger partial charge in [0.25, 0.3) is 0 Å². The molecule has 0 radical (unpaired) electrons. The van der Waals surface area contributed by atoms with Gasteiger partial charge in [0.15, 0.2) is 0 Å². The van der Waals surface area contributed by atoms with Gasteiger partial charge in [-0.1, -0.05) is 57.0 Å². The van der Waals surface area contributed by atoms with Crippen LogP contribution < -0.4 is 0 Å². The van der Waals surface area contributed by atoms with Crippen LogP contribution in [0.5, 0.6) is 5.75 Å². The highest BCUT2D eigenvalue weighted by Gasteiger charge is 2.10. The van der Waals surface area contributed by atoms with E-state index in [-0.39, 0.29) is 0 Å². The molecule has 106 valence electrons. The van der Waals surface area contributed by atoms with Crippen LogP contribution in [0.1, 0.15) is 44.2 Å². The third kappa shape index (κ3) is 3.41. The molecule has 2 rings (SSSR count). The van der Waals surface area contributed by atoms with Crippen LogP contribution in [-0.2, 0) is 12.8 Å². The third-order valence-corrected chi connectivity index (χ3v) is 3.69. The minimum absolute atomic E-state index is 0.514. The topological polar surface area (TPSA) is 20.2 Å². The molecule has 0 fully saturated rings. The number of benzene rings is 2. The molecule has 0 aromatic heterocycles. The summed E-state index contributed by atoms with van der Waals surface area (Å²) in [7, 11) is 0. The zero-order valence-electron chi connectivity index (χ0n) is 12.5. The maximum absolute atomic E-state index is 10.4. The van der Waals surface area contributed by atoms with Gasteiger partial charge in [-0.15, -0.1) is 0 Å². The summed E-state index contributed by atoms with van der Waals surface area (Å²) >= 11 is 0. The van der Waals surface area contributed by atoms with E-state index in [2.05, 4.69) is 50.2 Å². The molecule has 0 bridgehead atoms. The number of aromatic hydroxyl groups is 1. The van der Waals surface area contributed by atoms with Gasteiger partial charge in [-0.25, -0.2) is 0 Å². The van der Waals surface area contributed by atoms with Gasteiger partial charge in [-0.2, -0.15) is 0 Å². The zero-order valence-corrected chi connectivity index (χ0v) is 12.5. The van der Waals surface area contributed by atoms with Crippen molar-refractivity contribution in [3.8, 4) is 16.9 Å². The maximum Gasteiger partial charge on any atom is 0.121 e. The molecular weight excluding hydrogens is 244 g/mol. The first-order chi connectivity index (χ1) is 9.76. The Labute approximate surface area is 122 Å². The summed E-state index contributed by atoms with van der Waals surface area (Å²) in [6.07, 6.45) is 5.22. The van der Waals surface area contributed by atoms with Gasteiger partial charge < -0.3 is 5.11 Å². The van der Waals surface area contributed by atoms with Gasteiger partial charge in [0.1, 0.15) is 5.75 Å². The van der Waals surface area contributed by atoms with Gasteiger partial charge in [-0.05, 0) is 53.6 Å². The molecule has 1 N–H and O–H groups in total. The Balaban J connectivity index is 2.44. The molecular formula is C19H24O. The Bertz CT molecular complexity index is 543. The van der Waals surface area contributed by atoms with Crippen molar-refractivity contribution < 1.29 is 5.11 Å². The van der Waals surface area contributed by atoms with E-state index in [1.807, 2.05) is 6.07 Å². The number of phenols is 1. The van der Waals surface area contributed by atoms with Gasteiger partial charge >= 0.3 is 0 Å². The highest BCUT2D eigenvalue weighted by Crippen LogP contribution is 2.32. The van der Waals surface area contributed by atoms with Crippen LogP contribution in [0.2, 0.25) is 0 Å². The van der Waals surface area contributed by atoms with Crippen molar-refractivity contribution in [2.24, 2.45) is 0 Å². The molecule has 2 aromatic rings. The first-order valence-electron chi connectivity index (χ1n) is 7.66. The van der Waals surface area contributed by atoms with E-state index in [4.69, 9.17) is 0 Å². The Hall–Kier alpha value is -1.76. The Morgan fingerprint density at radius 1 is 0.800 bits per heavy atom. The molecule has 0 aliphatic carbocycles. The van der Waals surface area contributed by atoms with Crippen LogP contribution in [0.4, 0.5) is 0 Å². The molecule has 0 amide bonds. The predicted molar refractivity (Wildman–Crippen MR) is 86.1 cm³/mol. The second kappa shape index (κ2) is 7.14. The van der Waals surface area contributed by atoms with Gasteiger partial charge in [-0.3, -0.25) is 0 Å². The number of phenolic OH excluding ortho intramolecular Hbond substituents is 1. The van der Waals surface area contributed by atoms with E-state index >= 15 is 0 Å². The summed E-state index contributed by atoms with van der Waals surface area (Å²) in [6.45, 7) is 4.34. The van der Waals surface area contributed by atoms with Crippen molar-refractivity contribution in [2.45, 2.75) is 46.0 Å². The molecule has 20 heavy (non-hydrogen) atoms. The normalized spacial score (nSPS) is 10.7. The Morgan fingerprint density at radius 3 is 2.05 bits per heavy atom. The molecule has 0 atom stereocenters. The Kier molecular flexibility index (Phi) is 5.23. The number of unbranched alkanes of at least 4 members (excludes halogenated alkanes) is 1. The van der Waals surface area contributed by atoms with Gasteiger partial charge in [0.05, 0.1) is 0 Å². The van der Waals surface area contributed by atoms with E-state index in [0.29, 0.717) is 5.75 Å². The van der Waals surface area contributed by atoms with Crippen molar-refractivity contribution in [3.63, 3.8) is 0 Å². The van der Waals surface area contributed by atoms with Gasteiger partial charge in [0, 0.05) is 0 Å². The summed E-state index contributed by atoms with van der Waals surface area (Å²) in [5, 5.41) is 10.4. The standard InChI is InChI=1S/C19H24O/c1-3-5-10-17-14-18(15-11-7-6-8-12-15)13-16(9-4-2)19(17)20/h6-8,11-14,20H,3-5,9-10H2,1-2H3. The lowest BCUT2D eigenvalue weighted by Crippen LogP contribution is -1.94. The highest BCUT2D eigenvalue weighted by molar-refractivity contribution is 5.67. The summed E-state index contributed by atoms with van der Waals surface area (Å²) in [5.41, 5.74) is 4.62. The van der Waals surface area contributed by atoms with Crippen molar-refractivity contribution in [1.29, 1.82) is 0 Å². The van der Waals surface area contributed by atoms with Crippen molar-refractivity contribution in [2.75, 3.05) is 0 Å². The van der Waals surface area contributed by atoms with Crippen LogP contribution >= 0.6 is 0 Å². The number of rotatable bonds is 6. The van der Waals surface area contributed by atoms with Crippen molar-refractivity contribution in [1.82, 2.24) is 0 Å². The fourth-order valence-electron chi connectivity index (χ4n) is 2.58. The predicted octanol–water partition coefficient (Wildman–Crippen LogP) is 5.35. The second-order valence-corrected chi connectivity index (χ2v) is 5.36. The quantitative estimate of drug-likeness (QED) is 0.748. The largest absolute Gasteiger partial charge is 0.507 e. The molecule has 0 saturated heterocycles. The van der Waals surface area contributed by atoms with Crippen LogP contribution in [0, 0.1) is 0 Å². The number of hydrogen-bond acceptors (Lipinski definition) is 1. The minimum atomic E-state index is 0.514. The molecule has 0 unspecified atom stereocenters. The second-order valence-electron chi connectivity index (χ2n) is 5.36. The van der Waals surface area contributed by atoms with Crippen LogP contribution in [0.3, 0.4) is 0 Å². The van der Waals surface area contributed by atoms with E-state index in [1.54, 1.807) is 0 Å². The van der Waals surface area contributed by atoms with Crippen molar-refractivity contribution >= 4 is 0 Å². The minimum Gasteiger partial charge on any atom is -0.507 e. The molecule has 0 aliphatic heterocycles. The lowest BCUT2D eigenvalue weighted by molar-refractivity contribution is 0.459. The molecule has 1 nitrogen and oxygen atoms in total. The third-order valence-electron chi connectivity index (χ3n) is 3.69. The van der Waals surface area contributed by atoms with E-state index in [1.165, 1.54) is 11.1 Å². The first kappa shape index (κ1) is 14.6. The Morgan fingerprint density at radius 2 is 1.45 bits per heavy atom. The average Bonchev–Trinajstić information content (AvgIpc) is 2.49. The smallest absolute Gasteiger partial charge is 0.121 e.